The molecule has 0 aromatic carbocycles. The number of allylic oxidation sites excluding steroid dienone is 1. The molecule has 0 atom stereocenters. The van der Waals surface area contributed by atoms with E-state index in [9.17, 15) is 0 Å². The molecule has 3 heteroatoms. The predicted octanol–water partition coefficient (Wildman–Crippen LogP) is 3.55. The predicted molar refractivity (Wildman–Crippen MR) is 86.2 cm³/mol. The Labute approximate surface area is 121 Å². The minimum Gasteiger partial charge on any atom is -0.389 e. The molecule has 0 bridgehead atoms. The van der Waals surface area contributed by atoms with Crippen molar-refractivity contribution in [2.24, 2.45) is 16.6 Å². The Morgan fingerprint density at radius 3 is 2.00 bits per heavy atom. The average Bonchev–Trinajstić information content (AvgIpc) is 2.30. The van der Waals surface area contributed by atoms with Gasteiger partial charge in [-0.1, -0.05) is 48.1 Å². The molecule has 0 spiro atoms. The molecule has 0 aliphatic rings. The molecule has 3 N–H and O–H groups in total. The fourth-order valence-corrected chi connectivity index (χ4v) is 1.60. The van der Waals surface area contributed by atoms with Gasteiger partial charge in [0.2, 0.25) is 0 Å². The molecule has 0 aliphatic heterocycles. The van der Waals surface area contributed by atoms with E-state index in [0.717, 1.165) is 25.3 Å². The van der Waals surface area contributed by atoms with Crippen LogP contribution in [-0.2, 0) is 4.74 Å². The van der Waals surface area contributed by atoms with Crippen molar-refractivity contribution in [2.75, 3.05) is 26.3 Å². The molecular weight excluding hydrogens is 236 g/mol. The van der Waals surface area contributed by atoms with Gasteiger partial charge in [0.05, 0.1) is 13.2 Å². The Hall–Kier alpha value is -0.540. The first-order valence-electron chi connectivity index (χ1n) is 7.42. The third-order valence-electron chi connectivity index (χ3n) is 2.66. The number of hydrogen-bond acceptors (Lipinski definition) is 3. The summed E-state index contributed by atoms with van der Waals surface area (Å²) in [5.41, 5.74) is 6.93. The standard InChI is InChI=1S/C14H30N2O.C2H6/c1-7-16-12(2)8-13(3,4)10-17-11-14(5,6)9-15;1-2/h16H,2,7-11,15H2,1,3-6H3;1-2H3. The summed E-state index contributed by atoms with van der Waals surface area (Å²) < 4.78 is 5.78. The van der Waals surface area contributed by atoms with Crippen LogP contribution in [0.4, 0.5) is 0 Å². The van der Waals surface area contributed by atoms with Crippen LogP contribution in [0, 0.1) is 10.8 Å². The maximum atomic E-state index is 5.78. The second kappa shape index (κ2) is 10.3. The summed E-state index contributed by atoms with van der Waals surface area (Å²) in [5.74, 6) is 0. The summed E-state index contributed by atoms with van der Waals surface area (Å²) in [5, 5.41) is 3.25. The average molecular weight is 272 g/mol. The summed E-state index contributed by atoms with van der Waals surface area (Å²) >= 11 is 0. The lowest BCUT2D eigenvalue weighted by molar-refractivity contribution is 0.0178. The van der Waals surface area contributed by atoms with Crippen LogP contribution in [0.3, 0.4) is 0 Å². The van der Waals surface area contributed by atoms with E-state index in [1.165, 1.54) is 0 Å². The van der Waals surface area contributed by atoms with Crippen molar-refractivity contribution in [3.8, 4) is 0 Å². The van der Waals surface area contributed by atoms with Crippen LogP contribution >= 0.6 is 0 Å². The third-order valence-corrected chi connectivity index (χ3v) is 2.66. The maximum Gasteiger partial charge on any atom is 0.0529 e. The summed E-state index contributed by atoms with van der Waals surface area (Å²) in [7, 11) is 0. The van der Waals surface area contributed by atoms with Crippen LogP contribution in [0.15, 0.2) is 12.3 Å². The van der Waals surface area contributed by atoms with Crippen molar-refractivity contribution in [1.82, 2.24) is 5.32 Å². The number of ether oxygens (including phenoxy) is 1. The van der Waals surface area contributed by atoms with Gasteiger partial charge in [-0.2, -0.15) is 0 Å². The smallest absolute Gasteiger partial charge is 0.0529 e. The zero-order valence-corrected chi connectivity index (χ0v) is 14.2. The number of nitrogens with two attached hydrogens (primary N) is 1. The Bertz CT molecular complexity index is 235. The topological polar surface area (TPSA) is 47.3 Å². The van der Waals surface area contributed by atoms with E-state index in [1.54, 1.807) is 0 Å². The molecule has 0 heterocycles. The van der Waals surface area contributed by atoms with E-state index in [0.29, 0.717) is 13.2 Å². The van der Waals surface area contributed by atoms with Gasteiger partial charge in [-0.3, -0.25) is 0 Å². The van der Waals surface area contributed by atoms with Gasteiger partial charge in [0.1, 0.15) is 0 Å². The number of rotatable bonds is 9. The second-order valence-electron chi connectivity index (χ2n) is 6.34. The Balaban J connectivity index is 0. The van der Waals surface area contributed by atoms with E-state index in [4.69, 9.17) is 10.5 Å². The van der Waals surface area contributed by atoms with Crippen molar-refractivity contribution in [3.63, 3.8) is 0 Å². The second-order valence-corrected chi connectivity index (χ2v) is 6.34. The van der Waals surface area contributed by atoms with Gasteiger partial charge in [-0.15, -0.1) is 0 Å². The highest BCUT2D eigenvalue weighted by Gasteiger charge is 2.22. The van der Waals surface area contributed by atoms with E-state index in [2.05, 4.69) is 46.5 Å². The van der Waals surface area contributed by atoms with Gasteiger partial charge in [0, 0.05) is 17.7 Å². The van der Waals surface area contributed by atoms with Crippen LogP contribution in [0.5, 0.6) is 0 Å². The molecule has 116 valence electrons. The lowest BCUT2D eigenvalue weighted by atomic mass is 9.88. The molecule has 0 saturated carbocycles. The van der Waals surface area contributed by atoms with Crippen molar-refractivity contribution < 1.29 is 4.74 Å². The molecule has 0 amide bonds. The number of nitrogens with one attached hydrogen (secondary N) is 1. The van der Waals surface area contributed by atoms with Crippen molar-refractivity contribution in [3.05, 3.63) is 12.3 Å². The lowest BCUT2D eigenvalue weighted by Crippen LogP contribution is -2.31. The highest BCUT2D eigenvalue weighted by molar-refractivity contribution is 4.95. The van der Waals surface area contributed by atoms with Gasteiger partial charge in [-0.05, 0) is 25.3 Å². The van der Waals surface area contributed by atoms with Gasteiger partial charge in [0.25, 0.3) is 0 Å². The molecule has 0 rings (SSSR count). The first-order valence-corrected chi connectivity index (χ1v) is 7.42. The van der Waals surface area contributed by atoms with Gasteiger partial charge in [-0.25, -0.2) is 0 Å². The Kier molecular flexibility index (Phi) is 11.2. The quantitative estimate of drug-likeness (QED) is 0.675. The minimum absolute atomic E-state index is 0.0642. The molecule has 19 heavy (non-hydrogen) atoms. The molecular formula is C16H36N2O. The molecule has 0 aromatic rings. The van der Waals surface area contributed by atoms with Crippen molar-refractivity contribution in [2.45, 2.75) is 54.9 Å². The molecule has 0 saturated heterocycles. The van der Waals surface area contributed by atoms with Crippen LogP contribution in [0.25, 0.3) is 0 Å². The largest absolute Gasteiger partial charge is 0.389 e. The normalized spacial score (nSPS) is 11.6. The van der Waals surface area contributed by atoms with Crippen LogP contribution < -0.4 is 11.1 Å². The fraction of sp³-hybridized carbons (Fsp3) is 0.875. The SMILES string of the molecule is C=C(CC(C)(C)COCC(C)(C)CN)NCC.CC. The van der Waals surface area contributed by atoms with Crippen LogP contribution in [0.2, 0.25) is 0 Å². The highest BCUT2D eigenvalue weighted by Crippen LogP contribution is 2.25. The molecule has 3 nitrogen and oxygen atoms in total. The van der Waals surface area contributed by atoms with Gasteiger partial charge >= 0.3 is 0 Å². The highest BCUT2D eigenvalue weighted by atomic mass is 16.5. The van der Waals surface area contributed by atoms with Crippen molar-refractivity contribution >= 4 is 0 Å². The lowest BCUT2D eigenvalue weighted by Gasteiger charge is -2.29. The first-order chi connectivity index (χ1) is 8.72. The summed E-state index contributed by atoms with van der Waals surface area (Å²) in [4.78, 5) is 0. The Morgan fingerprint density at radius 2 is 1.58 bits per heavy atom. The van der Waals surface area contributed by atoms with Crippen LogP contribution in [0.1, 0.15) is 54.9 Å². The molecule has 0 aliphatic carbocycles. The first kappa shape index (κ1) is 20.8. The van der Waals surface area contributed by atoms with E-state index >= 15 is 0 Å². The monoisotopic (exact) mass is 272 g/mol. The Morgan fingerprint density at radius 1 is 1.11 bits per heavy atom. The van der Waals surface area contributed by atoms with E-state index in [-0.39, 0.29) is 10.8 Å². The van der Waals surface area contributed by atoms with Gasteiger partial charge in [0.15, 0.2) is 0 Å². The summed E-state index contributed by atoms with van der Waals surface area (Å²) in [6.07, 6.45) is 0.934. The molecule has 0 radical (unpaired) electrons. The zero-order valence-electron chi connectivity index (χ0n) is 14.2. The molecule has 0 unspecified atom stereocenters. The molecule has 0 fully saturated rings. The van der Waals surface area contributed by atoms with Crippen molar-refractivity contribution in [1.29, 1.82) is 0 Å². The molecule has 0 aromatic heterocycles. The van der Waals surface area contributed by atoms with Gasteiger partial charge < -0.3 is 15.8 Å². The van der Waals surface area contributed by atoms with Crippen LogP contribution in [-0.4, -0.2) is 26.3 Å². The fourth-order valence-electron chi connectivity index (χ4n) is 1.60. The zero-order chi connectivity index (χ0) is 15.5. The third kappa shape index (κ3) is 12.2. The minimum atomic E-state index is 0.0642. The van der Waals surface area contributed by atoms with E-state index < -0.39 is 0 Å². The number of hydrogen-bond donors (Lipinski definition) is 2. The maximum absolute atomic E-state index is 5.78. The van der Waals surface area contributed by atoms with E-state index in [1.807, 2.05) is 13.8 Å². The summed E-state index contributed by atoms with van der Waals surface area (Å²) in [6, 6.07) is 0. The summed E-state index contributed by atoms with van der Waals surface area (Å²) in [6.45, 7) is 21.8.